The van der Waals surface area contributed by atoms with Crippen LogP contribution in [0.1, 0.15) is 5.56 Å². The van der Waals surface area contributed by atoms with Crippen molar-refractivity contribution in [1.82, 2.24) is 19.3 Å². The Morgan fingerprint density at radius 1 is 0.882 bits per heavy atom. The average Bonchev–Trinajstić information content (AvgIpc) is 3.25. The largest absolute Gasteiger partial charge is 0.340 e. The Bertz CT molecular complexity index is 1540. The highest BCUT2D eigenvalue weighted by molar-refractivity contribution is 9.10. The molecule has 3 aromatic carbocycles. The van der Waals surface area contributed by atoms with Gasteiger partial charge in [-0.05, 0) is 45.8 Å². The van der Waals surface area contributed by atoms with E-state index in [1.54, 1.807) is 35.0 Å². The van der Waals surface area contributed by atoms with Gasteiger partial charge in [-0.2, -0.15) is 9.61 Å². The van der Waals surface area contributed by atoms with Gasteiger partial charge in [0.25, 0.3) is 0 Å². The van der Waals surface area contributed by atoms with Crippen LogP contribution in [-0.4, -0.2) is 23.0 Å². The van der Waals surface area contributed by atoms with Crippen molar-refractivity contribution in [2.75, 3.05) is 5.32 Å². The van der Waals surface area contributed by atoms with Gasteiger partial charge in [0.05, 0.1) is 21.3 Å². The van der Waals surface area contributed by atoms with Crippen LogP contribution in [0.2, 0.25) is 0 Å². The van der Waals surface area contributed by atoms with Crippen molar-refractivity contribution in [2.45, 2.75) is 11.4 Å². The van der Waals surface area contributed by atoms with Gasteiger partial charge in [0.15, 0.2) is 5.65 Å². The van der Waals surface area contributed by atoms with E-state index in [0.717, 1.165) is 27.0 Å². The molecule has 170 valence electrons. The summed E-state index contributed by atoms with van der Waals surface area (Å²) in [6.45, 7) is 0.231. The Kier molecular flexibility index (Phi) is 6.14. The third kappa shape index (κ3) is 4.72. The Balaban J connectivity index is 1.40. The topological polar surface area (TPSA) is 88.4 Å². The molecule has 0 aliphatic heterocycles. The van der Waals surface area contributed by atoms with Gasteiger partial charge < -0.3 is 5.32 Å². The lowest BCUT2D eigenvalue weighted by Crippen LogP contribution is -2.23. The van der Waals surface area contributed by atoms with Crippen LogP contribution in [0.25, 0.3) is 16.9 Å². The van der Waals surface area contributed by atoms with Crippen molar-refractivity contribution in [3.8, 4) is 11.3 Å². The molecule has 0 bridgehead atoms. The summed E-state index contributed by atoms with van der Waals surface area (Å²) in [5.74, 6) is 0.701. The summed E-state index contributed by atoms with van der Waals surface area (Å²) in [4.78, 5) is 4.92. The van der Waals surface area contributed by atoms with Crippen LogP contribution < -0.4 is 10.0 Å². The van der Waals surface area contributed by atoms with Gasteiger partial charge in [0.1, 0.15) is 5.82 Å². The molecule has 0 aliphatic rings. The summed E-state index contributed by atoms with van der Waals surface area (Å²) in [6, 6.07) is 27.8. The molecule has 2 aromatic heterocycles. The van der Waals surface area contributed by atoms with Gasteiger partial charge in [-0.3, -0.25) is 0 Å². The Morgan fingerprint density at radius 2 is 1.56 bits per heavy atom. The Hall–Kier alpha value is -3.53. The maximum atomic E-state index is 12.7. The highest BCUT2D eigenvalue weighted by Crippen LogP contribution is 2.28. The molecule has 0 amide bonds. The summed E-state index contributed by atoms with van der Waals surface area (Å²) in [5, 5.41) is 7.73. The number of sulfonamides is 1. The molecule has 0 fully saturated rings. The van der Waals surface area contributed by atoms with Crippen molar-refractivity contribution in [3.05, 3.63) is 107 Å². The Labute approximate surface area is 205 Å². The molecule has 5 aromatic rings. The van der Waals surface area contributed by atoms with Gasteiger partial charge in [0.2, 0.25) is 10.0 Å². The normalized spacial score (nSPS) is 11.6. The lowest BCUT2D eigenvalue weighted by molar-refractivity contribution is 0.581. The smallest absolute Gasteiger partial charge is 0.240 e. The summed E-state index contributed by atoms with van der Waals surface area (Å²) in [5.41, 5.74) is 4.06. The number of hydrogen-bond donors (Lipinski definition) is 2. The number of halogens is 1. The standard InChI is InChI=1S/C25H20BrN5O2S/c26-22-17-27-31-24(15-23(30-25(22)31)19-9-5-2-6-10-19)29-20-11-13-21(14-12-20)34(32,33)28-16-18-7-3-1-4-8-18/h1-15,17,28-29H,16H2. The van der Waals surface area contributed by atoms with Crippen molar-refractivity contribution in [1.29, 1.82) is 0 Å². The van der Waals surface area contributed by atoms with E-state index < -0.39 is 10.0 Å². The first-order chi connectivity index (χ1) is 16.5. The molecule has 0 unspecified atom stereocenters. The van der Waals surface area contributed by atoms with E-state index in [9.17, 15) is 8.42 Å². The summed E-state index contributed by atoms with van der Waals surface area (Å²) in [6.07, 6.45) is 1.69. The summed E-state index contributed by atoms with van der Waals surface area (Å²) >= 11 is 3.51. The van der Waals surface area contributed by atoms with Crippen molar-refractivity contribution in [2.24, 2.45) is 0 Å². The number of anilines is 2. The second-order valence-electron chi connectivity index (χ2n) is 7.58. The molecule has 0 radical (unpaired) electrons. The SMILES string of the molecule is O=S(=O)(NCc1ccccc1)c1ccc(Nc2cc(-c3ccccc3)nc3c(Br)cnn23)cc1. The number of rotatable bonds is 7. The maximum Gasteiger partial charge on any atom is 0.240 e. The van der Waals surface area contributed by atoms with Crippen LogP contribution in [0.4, 0.5) is 11.5 Å². The fourth-order valence-corrected chi connectivity index (χ4v) is 4.87. The van der Waals surface area contributed by atoms with Crippen LogP contribution in [0.3, 0.4) is 0 Å². The zero-order valence-electron chi connectivity index (χ0n) is 17.9. The van der Waals surface area contributed by atoms with E-state index in [1.807, 2.05) is 66.7 Å². The zero-order chi connectivity index (χ0) is 23.5. The molecular weight excluding hydrogens is 514 g/mol. The van der Waals surface area contributed by atoms with E-state index in [-0.39, 0.29) is 11.4 Å². The minimum absolute atomic E-state index is 0.195. The molecule has 2 N–H and O–H groups in total. The van der Waals surface area contributed by atoms with E-state index in [2.05, 4.69) is 31.1 Å². The van der Waals surface area contributed by atoms with Crippen LogP contribution in [0, 0.1) is 0 Å². The van der Waals surface area contributed by atoms with E-state index in [4.69, 9.17) is 4.98 Å². The minimum Gasteiger partial charge on any atom is -0.340 e. The first-order valence-corrected chi connectivity index (χ1v) is 12.8. The molecule has 0 aliphatic carbocycles. The first-order valence-electron chi connectivity index (χ1n) is 10.5. The van der Waals surface area contributed by atoms with Gasteiger partial charge in [-0.15, -0.1) is 0 Å². The second kappa shape index (κ2) is 9.38. The van der Waals surface area contributed by atoms with Crippen LogP contribution in [0.5, 0.6) is 0 Å². The third-order valence-corrected chi connectivity index (χ3v) is 7.22. The van der Waals surface area contributed by atoms with Crippen molar-refractivity contribution in [3.63, 3.8) is 0 Å². The Morgan fingerprint density at radius 3 is 2.26 bits per heavy atom. The average molecular weight is 534 g/mol. The lowest BCUT2D eigenvalue weighted by atomic mass is 10.1. The van der Waals surface area contributed by atoms with Gasteiger partial charge >= 0.3 is 0 Å². The zero-order valence-corrected chi connectivity index (χ0v) is 20.3. The molecule has 0 spiro atoms. The monoisotopic (exact) mass is 533 g/mol. The molecule has 9 heteroatoms. The molecule has 34 heavy (non-hydrogen) atoms. The third-order valence-electron chi connectivity index (χ3n) is 5.24. The predicted octanol–water partition coefficient (Wildman–Crippen LogP) is 5.38. The number of benzene rings is 3. The highest BCUT2D eigenvalue weighted by Gasteiger charge is 2.15. The number of hydrogen-bond acceptors (Lipinski definition) is 5. The molecule has 5 rings (SSSR count). The number of nitrogens with one attached hydrogen (secondary N) is 2. The van der Waals surface area contributed by atoms with Gasteiger partial charge in [-0.1, -0.05) is 60.7 Å². The van der Waals surface area contributed by atoms with Gasteiger partial charge in [0, 0.05) is 23.9 Å². The highest BCUT2D eigenvalue weighted by atomic mass is 79.9. The lowest BCUT2D eigenvalue weighted by Gasteiger charge is -2.12. The molecule has 0 atom stereocenters. The molecule has 0 saturated heterocycles. The summed E-state index contributed by atoms with van der Waals surface area (Å²) in [7, 11) is -3.63. The predicted molar refractivity (Wildman–Crippen MR) is 136 cm³/mol. The molecule has 7 nitrogen and oxygen atoms in total. The maximum absolute atomic E-state index is 12.7. The number of aromatic nitrogens is 3. The number of fused-ring (bicyclic) bond motifs is 1. The second-order valence-corrected chi connectivity index (χ2v) is 10.2. The first kappa shape index (κ1) is 22.3. The molecular formula is C25H20BrN5O2S. The van der Waals surface area contributed by atoms with Crippen LogP contribution >= 0.6 is 15.9 Å². The van der Waals surface area contributed by atoms with Crippen LogP contribution in [0.15, 0.2) is 107 Å². The summed E-state index contributed by atoms with van der Waals surface area (Å²) < 4.78 is 30.5. The quantitative estimate of drug-likeness (QED) is 0.293. The van der Waals surface area contributed by atoms with E-state index in [1.165, 1.54) is 0 Å². The fourth-order valence-electron chi connectivity index (χ4n) is 3.50. The van der Waals surface area contributed by atoms with Crippen LogP contribution in [-0.2, 0) is 16.6 Å². The van der Waals surface area contributed by atoms with Crippen molar-refractivity contribution >= 4 is 43.1 Å². The van der Waals surface area contributed by atoms with Crippen molar-refractivity contribution < 1.29 is 8.42 Å². The minimum atomic E-state index is -3.63. The molecule has 2 heterocycles. The van der Waals surface area contributed by atoms with Gasteiger partial charge in [-0.25, -0.2) is 18.1 Å². The molecule has 0 saturated carbocycles. The van der Waals surface area contributed by atoms with E-state index >= 15 is 0 Å². The van der Waals surface area contributed by atoms with E-state index in [0.29, 0.717) is 11.5 Å². The number of nitrogens with zero attached hydrogens (tertiary/aromatic N) is 3. The fraction of sp³-hybridized carbons (Fsp3) is 0.0400.